The first-order valence-electron chi connectivity index (χ1n) is 8.47. The van der Waals surface area contributed by atoms with Crippen LogP contribution in [0.15, 0.2) is 48.8 Å². The number of nitrogens with zero attached hydrogens (tertiary/aromatic N) is 4. The van der Waals surface area contributed by atoms with Crippen molar-refractivity contribution in [3.05, 3.63) is 71.3 Å². The molecule has 25 heavy (non-hydrogen) atoms. The van der Waals surface area contributed by atoms with E-state index in [2.05, 4.69) is 21.6 Å². The molecule has 0 saturated heterocycles. The highest BCUT2D eigenvalue weighted by molar-refractivity contribution is 5.94. The zero-order chi connectivity index (χ0) is 17.6. The molecule has 130 valence electrons. The number of benzene rings is 1. The summed E-state index contributed by atoms with van der Waals surface area (Å²) in [7, 11) is 0. The van der Waals surface area contributed by atoms with Gasteiger partial charge in [-0.25, -0.2) is 0 Å². The van der Waals surface area contributed by atoms with Crippen LogP contribution < -0.4 is 5.32 Å². The number of hydrogen-bond acceptors (Lipinski definition) is 3. The van der Waals surface area contributed by atoms with Crippen molar-refractivity contribution < 1.29 is 4.79 Å². The van der Waals surface area contributed by atoms with Crippen LogP contribution in [-0.2, 0) is 13.1 Å². The lowest BCUT2D eigenvalue weighted by atomic mass is 10.1. The van der Waals surface area contributed by atoms with Crippen molar-refractivity contribution in [2.24, 2.45) is 0 Å². The molecule has 3 rings (SSSR count). The van der Waals surface area contributed by atoms with Gasteiger partial charge in [0.1, 0.15) is 0 Å². The van der Waals surface area contributed by atoms with Crippen molar-refractivity contribution in [1.29, 1.82) is 0 Å². The third-order valence-corrected chi connectivity index (χ3v) is 4.03. The summed E-state index contributed by atoms with van der Waals surface area (Å²) in [5.41, 5.74) is 3.86. The minimum atomic E-state index is -0.0457. The molecule has 0 radical (unpaired) electrons. The van der Waals surface area contributed by atoms with Crippen LogP contribution in [0.1, 0.15) is 33.7 Å². The van der Waals surface area contributed by atoms with E-state index in [1.165, 1.54) is 0 Å². The Morgan fingerprint density at radius 2 is 2.08 bits per heavy atom. The van der Waals surface area contributed by atoms with Crippen molar-refractivity contribution in [3.63, 3.8) is 0 Å². The van der Waals surface area contributed by atoms with Gasteiger partial charge in [0, 0.05) is 36.7 Å². The normalized spacial score (nSPS) is 10.8. The molecule has 0 saturated carbocycles. The predicted molar refractivity (Wildman–Crippen MR) is 96.4 cm³/mol. The molecule has 0 aliphatic carbocycles. The van der Waals surface area contributed by atoms with Gasteiger partial charge in [-0.1, -0.05) is 12.1 Å². The largest absolute Gasteiger partial charge is 0.352 e. The summed E-state index contributed by atoms with van der Waals surface area (Å²) in [5.74, 6) is -0.0457. The Morgan fingerprint density at radius 1 is 1.20 bits per heavy atom. The molecule has 0 unspecified atom stereocenters. The van der Waals surface area contributed by atoms with Gasteiger partial charge in [0.2, 0.25) is 0 Å². The van der Waals surface area contributed by atoms with Gasteiger partial charge in [-0.2, -0.15) is 10.2 Å². The van der Waals surface area contributed by atoms with Crippen LogP contribution in [0, 0.1) is 13.8 Å². The fraction of sp³-hybridized carbons (Fsp3) is 0.316. The molecule has 0 aliphatic rings. The van der Waals surface area contributed by atoms with Crippen molar-refractivity contribution in [2.45, 2.75) is 33.4 Å². The minimum Gasteiger partial charge on any atom is -0.352 e. The Balaban J connectivity index is 1.55. The highest BCUT2D eigenvalue weighted by Crippen LogP contribution is 2.10. The average molecular weight is 337 g/mol. The van der Waals surface area contributed by atoms with E-state index in [0.29, 0.717) is 18.7 Å². The molecule has 2 heterocycles. The minimum absolute atomic E-state index is 0.0457. The van der Waals surface area contributed by atoms with Crippen LogP contribution in [0.2, 0.25) is 0 Å². The quantitative estimate of drug-likeness (QED) is 0.674. The lowest BCUT2D eigenvalue weighted by Gasteiger charge is -2.08. The summed E-state index contributed by atoms with van der Waals surface area (Å²) in [6.45, 7) is 6.11. The molecule has 6 heteroatoms. The van der Waals surface area contributed by atoms with Crippen LogP contribution in [0.4, 0.5) is 0 Å². The summed E-state index contributed by atoms with van der Waals surface area (Å²) < 4.78 is 3.82. The van der Waals surface area contributed by atoms with Crippen LogP contribution in [0.3, 0.4) is 0 Å². The van der Waals surface area contributed by atoms with E-state index in [4.69, 9.17) is 0 Å². The third kappa shape index (κ3) is 4.56. The number of carbonyl (C=O) groups is 1. The number of nitrogens with one attached hydrogen (secondary N) is 1. The first-order valence-corrected chi connectivity index (χ1v) is 8.47. The lowest BCUT2D eigenvalue weighted by molar-refractivity contribution is 0.0952. The van der Waals surface area contributed by atoms with E-state index in [1.807, 2.05) is 59.7 Å². The van der Waals surface area contributed by atoms with Gasteiger partial charge < -0.3 is 5.32 Å². The number of aromatic nitrogens is 4. The monoisotopic (exact) mass is 337 g/mol. The molecule has 0 fully saturated rings. The van der Waals surface area contributed by atoms with Crippen molar-refractivity contribution in [1.82, 2.24) is 24.9 Å². The first kappa shape index (κ1) is 17.0. The van der Waals surface area contributed by atoms with E-state index >= 15 is 0 Å². The van der Waals surface area contributed by atoms with Gasteiger partial charge in [0.25, 0.3) is 5.91 Å². The molecule has 1 N–H and O–H groups in total. The Bertz CT molecular complexity index is 835. The van der Waals surface area contributed by atoms with Crippen molar-refractivity contribution in [2.75, 3.05) is 6.54 Å². The molecular formula is C19H23N5O. The van der Waals surface area contributed by atoms with Crippen molar-refractivity contribution in [3.8, 4) is 0 Å². The van der Waals surface area contributed by atoms with Gasteiger partial charge in [-0.05, 0) is 50.1 Å². The highest BCUT2D eigenvalue weighted by atomic mass is 16.1. The lowest BCUT2D eigenvalue weighted by Crippen LogP contribution is -2.25. The zero-order valence-electron chi connectivity index (χ0n) is 14.6. The number of aryl methyl sites for hydroxylation is 3. The molecule has 0 atom stereocenters. The standard InChI is InChI=1S/C19H23N5O/c1-15-12-16(2)24(22-15)14-17-6-3-7-18(13-17)19(25)20-8-4-10-23-11-5-9-21-23/h3,5-7,9,11-13H,4,8,10,14H2,1-2H3,(H,20,25). The van der Waals surface area contributed by atoms with Crippen molar-refractivity contribution >= 4 is 5.91 Å². The topological polar surface area (TPSA) is 64.7 Å². The summed E-state index contributed by atoms with van der Waals surface area (Å²) in [6.07, 6.45) is 4.52. The molecular weight excluding hydrogens is 314 g/mol. The number of hydrogen-bond donors (Lipinski definition) is 1. The smallest absolute Gasteiger partial charge is 0.251 e. The third-order valence-electron chi connectivity index (χ3n) is 4.03. The second-order valence-corrected chi connectivity index (χ2v) is 6.16. The molecule has 2 aromatic heterocycles. The number of amides is 1. The summed E-state index contributed by atoms with van der Waals surface area (Å²) in [6, 6.07) is 11.7. The van der Waals surface area contributed by atoms with E-state index in [1.54, 1.807) is 6.20 Å². The maximum atomic E-state index is 12.3. The van der Waals surface area contributed by atoms with Crippen LogP contribution in [0.5, 0.6) is 0 Å². The highest BCUT2D eigenvalue weighted by Gasteiger charge is 2.07. The maximum absolute atomic E-state index is 12.3. The average Bonchev–Trinajstić information content (AvgIpc) is 3.21. The molecule has 3 aromatic rings. The first-order chi connectivity index (χ1) is 12.1. The molecule has 0 aliphatic heterocycles. The fourth-order valence-corrected chi connectivity index (χ4v) is 2.80. The van der Waals surface area contributed by atoms with Crippen LogP contribution in [0.25, 0.3) is 0 Å². The second kappa shape index (κ2) is 7.79. The Morgan fingerprint density at radius 3 is 2.80 bits per heavy atom. The van der Waals surface area contributed by atoms with E-state index in [9.17, 15) is 4.79 Å². The summed E-state index contributed by atoms with van der Waals surface area (Å²) in [5, 5.41) is 11.6. The summed E-state index contributed by atoms with van der Waals surface area (Å²) in [4.78, 5) is 12.3. The van der Waals surface area contributed by atoms with Gasteiger partial charge in [0.15, 0.2) is 0 Å². The molecule has 0 bridgehead atoms. The zero-order valence-corrected chi connectivity index (χ0v) is 14.6. The Labute approximate surface area is 147 Å². The van der Waals surface area contributed by atoms with Crippen LogP contribution >= 0.6 is 0 Å². The van der Waals surface area contributed by atoms with Crippen LogP contribution in [-0.4, -0.2) is 32.0 Å². The Kier molecular flexibility index (Phi) is 5.28. The number of rotatable bonds is 7. The van der Waals surface area contributed by atoms with Gasteiger partial charge >= 0.3 is 0 Å². The second-order valence-electron chi connectivity index (χ2n) is 6.16. The molecule has 1 amide bonds. The van der Waals surface area contributed by atoms with E-state index in [0.717, 1.165) is 29.9 Å². The van der Waals surface area contributed by atoms with E-state index in [-0.39, 0.29) is 5.91 Å². The molecule has 0 spiro atoms. The molecule has 1 aromatic carbocycles. The van der Waals surface area contributed by atoms with Gasteiger partial charge in [-0.15, -0.1) is 0 Å². The van der Waals surface area contributed by atoms with E-state index < -0.39 is 0 Å². The predicted octanol–water partition coefficient (Wildman–Crippen LogP) is 2.56. The Hall–Kier alpha value is -2.89. The molecule has 6 nitrogen and oxygen atoms in total. The SMILES string of the molecule is Cc1cc(C)n(Cc2cccc(C(=O)NCCCn3cccn3)c2)n1. The summed E-state index contributed by atoms with van der Waals surface area (Å²) >= 11 is 0. The number of carbonyl (C=O) groups excluding carboxylic acids is 1. The maximum Gasteiger partial charge on any atom is 0.251 e. The van der Waals surface area contributed by atoms with Gasteiger partial charge in [0.05, 0.1) is 12.2 Å². The fourth-order valence-electron chi connectivity index (χ4n) is 2.80. The van der Waals surface area contributed by atoms with Gasteiger partial charge in [-0.3, -0.25) is 14.2 Å².